The summed E-state index contributed by atoms with van der Waals surface area (Å²) in [7, 11) is 3.07. The Balaban J connectivity index is 2.09. The zero-order chi connectivity index (χ0) is 15.9. The summed E-state index contributed by atoms with van der Waals surface area (Å²) in [5, 5.41) is 3.96. The number of benzene rings is 2. The van der Waals surface area contributed by atoms with Gasteiger partial charge in [-0.1, -0.05) is 29.8 Å². The van der Waals surface area contributed by atoms with Crippen LogP contribution in [0.4, 0.5) is 0 Å². The standard InChI is InChI=1S/C17H18N2O3/c1-12-5-4-6-13(7-12)11-18-19-17(20)14-8-15(21-2)10-16(9-14)22-3/h4-11H,1-3H3,(H,19,20)/b18-11+. The maximum atomic E-state index is 12.1. The molecule has 0 fully saturated rings. The molecule has 5 nitrogen and oxygen atoms in total. The average molecular weight is 298 g/mol. The molecule has 22 heavy (non-hydrogen) atoms. The number of hydrogen-bond acceptors (Lipinski definition) is 4. The lowest BCUT2D eigenvalue weighted by Gasteiger charge is -2.07. The number of nitrogens with zero attached hydrogens (tertiary/aromatic N) is 1. The molecule has 1 amide bonds. The van der Waals surface area contributed by atoms with Crippen LogP contribution in [0.5, 0.6) is 11.5 Å². The van der Waals surface area contributed by atoms with Crippen molar-refractivity contribution in [3.05, 3.63) is 59.2 Å². The maximum absolute atomic E-state index is 12.1. The minimum Gasteiger partial charge on any atom is -0.497 e. The van der Waals surface area contributed by atoms with Crippen LogP contribution < -0.4 is 14.9 Å². The Hall–Kier alpha value is -2.82. The van der Waals surface area contributed by atoms with Gasteiger partial charge >= 0.3 is 0 Å². The normalized spacial score (nSPS) is 10.5. The third-order valence-electron chi connectivity index (χ3n) is 3.04. The van der Waals surface area contributed by atoms with Gasteiger partial charge in [0.15, 0.2) is 0 Å². The minimum absolute atomic E-state index is 0.332. The Morgan fingerprint density at radius 1 is 1.09 bits per heavy atom. The number of carbonyl (C=O) groups excluding carboxylic acids is 1. The fraction of sp³-hybridized carbons (Fsp3) is 0.176. The van der Waals surface area contributed by atoms with Crippen LogP contribution >= 0.6 is 0 Å². The Morgan fingerprint density at radius 3 is 2.36 bits per heavy atom. The molecule has 0 spiro atoms. The molecule has 2 aromatic rings. The Kier molecular flexibility index (Phi) is 5.14. The zero-order valence-electron chi connectivity index (χ0n) is 12.8. The summed E-state index contributed by atoms with van der Waals surface area (Å²) in [6.45, 7) is 2.00. The summed E-state index contributed by atoms with van der Waals surface area (Å²) in [6, 6.07) is 12.8. The monoisotopic (exact) mass is 298 g/mol. The molecule has 0 unspecified atom stereocenters. The molecule has 2 rings (SSSR count). The van der Waals surface area contributed by atoms with Gasteiger partial charge in [0, 0.05) is 11.6 Å². The smallest absolute Gasteiger partial charge is 0.271 e. The molecule has 0 aromatic heterocycles. The zero-order valence-corrected chi connectivity index (χ0v) is 12.8. The Labute approximate surface area is 129 Å². The van der Waals surface area contributed by atoms with Crippen molar-refractivity contribution in [3.8, 4) is 11.5 Å². The number of rotatable bonds is 5. The molecule has 0 aliphatic rings. The van der Waals surface area contributed by atoms with Gasteiger partial charge in [-0.3, -0.25) is 4.79 Å². The first-order valence-corrected chi connectivity index (χ1v) is 6.75. The van der Waals surface area contributed by atoms with E-state index in [-0.39, 0.29) is 5.91 Å². The lowest BCUT2D eigenvalue weighted by molar-refractivity contribution is 0.0954. The van der Waals surface area contributed by atoms with Gasteiger partial charge in [0.2, 0.25) is 0 Å². The highest BCUT2D eigenvalue weighted by molar-refractivity contribution is 5.95. The van der Waals surface area contributed by atoms with E-state index < -0.39 is 0 Å². The number of amides is 1. The van der Waals surface area contributed by atoms with Crippen molar-refractivity contribution >= 4 is 12.1 Å². The Bertz CT molecular complexity index is 674. The molecule has 0 radical (unpaired) electrons. The second-order valence-corrected chi connectivity index (χ2v) is 4.71. The van der Waals surface area contributed by atoms with Crippen molar-refractivity contribution in [2.75, 3.05) is 14.2 Å². The molecule has 2 aromatic carbocycles. The molecule has 114 valence electrons. The first kappa shape index (κ1) is 15.6. The van der Waals surface area contributed by atoms with Crippen molar-refractivity contribution in [1.29, 1.82) is 0 Å². The lowest BCUT2D eigenvalue weighted by Crippen LogP contribution is -2.17. The molecule has 0 saturated carbocycles. The van der Waals surface area contributed by atoms with E-state index in [1.165, 1.54) is 14.2 Å². The molecule has 1 N–H and O–H groups in total. The Morgan fingerprint density at radius 2 is 1.77 bits per heavy atom. The number of hydrogen-bond donors (Lipinski definition) is 1. The van der Waals surface area contributed by atoms with E-state index in [1.54, 1.807) is 24.4 Å². The summed E-state index contributed by atoms with van der Waals surface area (Å²) in [5.74, 6) is 0.764. The van der Waals surface area contributed by atoms with E-state index in [9.17, 15) is 4.79 Å². The SMILES string of the molecule is COc1cc(OC)cc(C(=O)N/N=C/c2cccc(C)c2)c1. The van der Waals surface area contributed by atoms with Gasteiger partial charge in [0.25, 0.3) is 5.91 Å². The fourth-order valence-electron chi connectivity index (χ4n) is 1.92. The van der Waals surface area contributed by atoms with E-state index >= 15 is 0 Å². The molecule has 5 heteroatoms. The number of ether oxygens (including phenoxy) is 2. The van der Waals surface area contributed by atoms with Crippen LogP contribution in [-0.4, -0.2) is 26.3 Å². The second kappa shape index (κ2) is 7.26. The molecule has 0 aliphatic heterocycles. The third-order valence-corrected chi connectivity index (χ3v) is 3.04. The van der Waals surface area contributed by atoms with Gasteiger partial charge in [-0.25, -0.2) is 5.43 Å². The van der Waals surface area contributed by atoms with Crippen LogP contribution in [0.15, 0.2) is 47.6 Å². The molecule has 0 saturated heterocycles. The predicted octanol–water partition coefficient (Wildman–Crippen LogP) is 2.78. The lowest BCUT2D eigenvalue weighted by atomic mass is 10.2. The van der Waals surface area contributed by atoms with Crippen LogP contribution in [-0.2, 0) is 0 Å². The van der Waals surface area contributed by atoms with Crippen LogP contribution in [0.3, 0.4) is 0 Å². The van der Waals surface area contributed by atoms with Crippen molar-refractivity contribution in [1.82, 2.24) is 5.43 Å². The van der Waals surface area contributed by atoms with Crippen molar-refractivity contribution in [2.45, 2.75) is 6.92 Å². The molecular weight excluding hydrogens is 280 g/mol. The molecule has 0 bridgehead atoms. The largest absolute Gasteiger partial charge is 0.497 e. The third kappa shape index (κ3) is 4.09. The number of methoxy groups -OCH3 is 2. The van der Waals surface area contributed by atoms with Gasteiger partial charge < -0.3 is 9.47 Å². The van der Waals surface area contributed by atoms with E-state index in [2.05, 4.69) is 10.5 Å². The topological polar surface area (TPSA) is 59.9 Å². The summed E-state index contributed by atoms with van der Waals surface area (Å²) in [4.78, 5) is 12.1. The van der Waals surface area contributed by atoms with Crippen LogP contribution in [0.25, 0.3) is 0 Å². The van der Waals surface area contributed by atoms with Crippen molar-refractivity contribution in [2.24, 2.45) is 5.10 Å². The summed E-state index contributed by atoms with van der Waals surface area (Å²) in [6.07, 6.45) is 1.60. The molecular formula is C17H18N2O3. The number of nitrogens with one attached hydrogen (secondary N) is 1. The summed E-state index contributed by atoms with van der Waals surface area (Å²) >= 11 is 0. The van der Waals surface area contributed by atoms with Crippen molar-refractivity contribution in [3.63, 3.8) is 0 Å². The maximum Gasteiger partial charge on any atom is 0.271 e. The summed E-state index contributed by atoms with van der Waals surface area (Å²) in [5.41, 5.74) is 4.96. The highest BCUT2D eigenvalue weighted by Crippen LogP contribution is 2.22. The van der Waals surface area contributed by atoms with Crippen molar-refractivity contribution < 1.29 is 14.3 Å². The first-order valence-electron chi connectivity index (χ1n) is 6.75. The van der Waals surface area contributed by atoms with E-state index in [4.69, 9.17) is 9.47 Å². The van der Waals surface area contributed by atoms with Crippen LogP contribution in [0.2, 0.25) is 0 Å². The predicted molar refractivity (Wildman–Crippen MR) is 85.8 cm³/mol. The quantitative estimate of drug-likeness (QED) is 0.682. The number of aryl methyl sites for hydroxylation is 1. The minimum atomic E-state index is -0.332. The first-order chi connectivity index (χ1) is 10.6. The van der Waals surface area contributed by atoms with Gasteiger partial charge in [0.05, 0.1) is 20.4 Å². The van der Waals surface area contributed by atoms with E-state index in [0.717, 1.165) is 11.1 Å². The second-order valence-electron chi connectivity index (χ2n) is 4.71. The fourth-order valence-corrected chi connectivity index (χ4v) is 1.92. The van der Waals surface area contributed by atoms with Crippen LogP contribution in [0, 0.1) is 6.92 Å². The van der Waals surface area contributed by atoms with E-state index in [0.29, 0.717) is 17.1 Å². The average Bonchev–Trinajstić information content (AvgIpc) is 2.54. The number of hydrazone groups is 1. The summed E-state index contributed by atoms with van der Waals surface area (Å²) < 4.78 is 10.3. The number of carbonyl (C=O) groups is 1. The highest BCUT2D eigenvalue weighted by atomic mass is 16.5. The van der Waals surface area contributed by atoms with E-state index in [1.807, 2.05) is 31.2 Å². The highest BCUT2D eigenvalue weighted by Gasteiger charge is 2.08. The van der Waals surface area contributed by atoms with Gasteiger partial charge in [-0.05, 0) is 24.6 Å². The molecule has 0 aliphatic carbocycles. The van der Waals surface area contributed by atoms with Gasteiger partial charge in [-0.2, -0.15) is 5.10 Å². The molecule has 0 atom stereocenters. The molecule has 0 heterocycles. The van der Waals surface area contributed by atoms with Gasteiger partial charge in [0.1, 0.15) is 11.5 Å². The van der Waals surface area contributed by atoms with Crippen LogP contribution in [0.1, 0.15) is 21.5 Å². The van der Waals surface area contributed by atoms with Gasteiger partial charge in [-0.15, -0.1) is 0 Å².